The standard InChI is InChI=1S/C23H24N6O2S/c1-15-13-16(2)29(27-15)19-6-4-5-18(14-19)24-21(30)11-12-28-22(25-26-23(28)32)17-7-9-20(31-3)10-8-17/h4-10,13-14H,11-12H2,1-3H3,(H,24,30)(H,26,32). The monoisotopic (exact) mass is 448 g/mol. The summed E-state index contributed by atoms with van der Waals surface area (Å²) in [6.07, 6.45) is 0.251. The van der Waals surface area contributed by atoms with Crippen LogP contribution in [0, 0.1) is 18.6 Å². The predicted octanol–water partition coefficient (Wildman–Crippen LogP) is 4.45. The van der Waals surface area contributed by atoms with E-state index >= 15 is 0 Å². The summed E-state index contributed by atoms with van der Waals surface area (Å²) in [6.45, 7) is 4.36. The molecule has 0 aliphatic rings. The van der Waals surface area contributed by atoms with E-state index in [4.69, 9.17) is 17.0 Å². The number of rotatable bonds is 7. The maximum Gasteiger partial charge on any atom is 0.226 e. The van der Waals surface area contributed by atoms with Crippen molar-refractivity contribution in [2.24, 2.45) is 0 Å². The van der Waals surface area contributed by atoms with Gasteiger partial charge in [0.05, 0.1) is 18.5 Å². The number of hydrogen-bond acceptors (Lipinski definition) is 5. The van der Waals surface area contributed by atoms with E-state index in [1.165, 1.54) is 0 Å². The first kappa shape index (κ1) is 21.5. The van der Waals surface area contributed by atoms with Crippen LogP contribution < -0.4 is 10.1 Å². The van der Waals surface area contributed by atoms with Crippen molar-refractivity contribution < 1.29 is 9.53 Å². The van der Waals surface area contributed by atoms with Gasteiger partial charge < -0.3 is 10.1 Å². The van der Waals surface area contributed by atoms with Gasteiger partial charge in [-0.2, -0.15) is 10.2 Å². The molecule has 0 saturated heterocycles. The Labute approximate surface area is 190 Å². The Morgan fingerprint density at radius 2 is 1.94 bits per heavy atom. The summed E-state index contributed by atoms with van der Waals surface area (Å²) in [4.78, 5) is 12.6. The van der Waals surface area contributed by atoms with Gasteiger partial charge >= 0.3 is 0 Å². The van der Waals surface area contributed by atoms with Gasteiger partial charge in [0.2, 0.25) is 5.91 Å². The highest BCUT2D eigenvalue weighted by Gasteiger charge is 2.12. The highest BCUT2D eigenvalue weighted by atomic mass is 32.1. The van der Waals surface area contributed by atoms with Crippen molar-refractivity contribution in [3.63, 3.8) is 0 Å². The van der Waals surface area contributed by atoms with Crippen molar-refractivity contribution >= 4 is 23.8 Å². The first-order chi connectivity index (χ1) is 15.4. The maximum absolute atomic E-state index is 12.6. The second-order valence-electron chi connectivity index (χ2n) is 7.42. The van der Waals surface area contributed by atoms with E-state index in [1.807, 2.05) is 77.7 Å². The lowest BCUT2D eigenvalue weighted by Gasteiger charge is -2.10. The zero-order valence-corrected chi connectivity index (χ0v) is 18.9. The van der Waals surface area contributed by atoms with Gasteiger partial charge in [0, 0.05) is 29.9 Å². The molecule has 0 aliphatic carbocycles. The minimum absolute atomic E-state index is 0.112. The Bertz CT molecular complexity index is 1300. The molecule has 4 aromatic rings. The van der Waals surface area contributed by atoms with E-state index < -0.39 is 0 Å². The first-order valence-electron chi connectivity index (χ1n) is 10.2. The van der Waals surface area contributed by atoms with Gasteiger partial charge in [0.25, 0.3) is 0 Å². The molecule has 0 fully saturated rings. The number of carbonyl (C=O) groups is 1. The largest absolute Gasteiger partial charge is 0.497 e. The van der Waals surface area contributed by atoms with Crippen molar-refractivity contribution in [1.29, 1.82) is 0 Å². The molecule has 4 rings (SSSR count). The number of hydrogen-bond donors (Lipinski definition) is 2. The van der Waals surface area contributed by atoms with Crippen LogP contribution in [0.4, 0.5) is 5.69 Å². The molecule has 0 radical (unpaired) electrons. The number of ether oxygens (including phenoxy) is 1. The van der Waals surface area contributed by atoms with Crippen LogP contribution in [0.1, 0.15) is 17.8 Å². The highest BCUT2D eigenvalue weighted by Crippen LogP contribution is 2.21. The summed E-state index contributed by atoms with van der Waals surface area (Å²) in [6, 6.07) is 17.2. The van der Waals surface area contributed by atoms with Crippen LogP contribution >= 0.6 is 12.2 Å². The third-order valence-corrected chi connectivity index (χ3v) is 5.36. The number of nitrogens with one attached hydrogen (secondary N) is 2. The second-order valence-corrected chi connectivity index (χ2v) is 7.81. The molecule has 9 heteroatoms. The lowest BCUT2D eigenvalue weighted by atomic mass is 10.2. The fourth-order valence-electron chi connectivity index (χ4n) is 3.53. The van der Waals surface area contributed by atoms with Gasteiger partial charge in [-0.25, -0.2) is 4.68 Å². The van der Waals surface area contributed by atoms with Crippen molar-refractivity contribution in [3.05, 3.63) is 70.8 Å². The fraction of sp³-hybridized carbons (Fsp3) is 0.217. The number of benzene rings is 2. The number of nitrogens with zero attached hydrogens (tertiary/aromatic N) is 4. The minimum atomic E-state index is -0.112. The molecule has 2 aromatic carbocycles. The highest BCUT2D eigenvalue weighted by molar-refractivity contribution is 7.71. The summed E-state index contributed by atoms with van der Waals surface area (Å²) in [5, 5.41) is 14.6. The molecule has 2 heterocycles. The minimum Gasteiger partial charge on any atom is -0.497 e. The summed E-state index contributed by atoms with van der Waals surface area (Å²) < 4.78 is 9.35. The smallest absolute Gasteiger partial charge is 0.226 e. The maximum atomic E-state index is 12.6. The molecule has 0 aliphatic heterocycles. The second kappa shape index (κ2) is 9.19. The number of H-pyrrole nitrogens is 1. The molecular weight excluding hydrogens is 424 g/mol. The number of amides is 1. The number of aryl methyl sites for hydroxylation is 2. The van der Waals surface area contributed by atoms with Gasteiger partial charge in [0.15, 0.2) is 10.6 Å². The Kier molecular flexibility index (Phi) is 6.18. The topological polar surface area (TPSA) is 89.8 Å². The molecule has 0 bridgehead atoms. The van der Waals surface area contributed by atoms with Crippen molar-refractivity contribution in [2.75, 3.05) is 12.4 Å². The van der Waals surface area contributed by atoms with E-state index in [0.717, 1.165) is 28.4 Å². The number of aromatic nitrogens is 5. The van der Waals surface area contributed by atoms with Crippen LogP contribution in [-0.2, 0) is 11.3 Å². The zero-order chi connectivity index (χ0) is 22.7. The molecule has 0 atom stereocenters. The van der Waals surface area contributed by atoms with E-state index in [1.54, 1.807) is 7.11 Å². The molecule has 2 aromatic heterocycles. The van der Waals surface area contributed by atoms with Crippen LogP contribution in [-0.4, -0.2) is 37.6 Å². The van der Waals surface area contributed by atoms with Crippen LogP contribution in [0.2, 0.25) is 0 Å². The normalized spacial score (nSPS) is 10.8. The Morgan fingerprint density at radius 1 is 1.16 bits per heavy atom. The van der Waals surface area contributed by atoms with Gasteiger partial charge in [-0.1, -0.05) is 6.07 Å². The Hall–Kier alpha value is -3.72. The summed E-state index contributed by atoms with van der Waals surface area (Å²) in [5.74, 6) is 1.33. The molecule has 32 heavy (non-hydrogen) atoms. The lowest BCUT2D eigenvalue weighted by molar-refractivity contribution is -0.116. The Balaban J connectivity index is 1.45. The molecule has 0 saturated carbocycles. The van der Waals surface area contributed by atoms with Crippen LogP contribution in [0.5, 0.6) is 5.75 Å². The third-order valence-electron chi connectivity index (χ3n) is 5.05. The molecule has 0 spiro atoms. The van der Waals surface area contributed by atoms with Gasteiger partial charge in [-0.15, -0.1) is 0 Å². The molecule has 1 amide bonds. The van der Waals surface area contributed by atoms with Gasteiger partial charge in [-0.3, -0.25) is 14.5 Å². The molecule has 164 valence electrons. The molecule has 8 nitrogen and oxygen atoms in total. The quantitative estimate of drug-likeness (QED) is 0.408. The van der Waals surface area contributed by atoms with Crippen molar-refractivity contribution in [2.45, 2.75) is 26.8 Å². The number of anilines is 1. The summed E-state index contributed by atoms with van der Waals surface area (Å²) in [5.41, 5.74) is 4.47. The van der Waals surface area contributed by atoms with Gasteiger partial charge in [0.1, 0.15) is 5.75 Å². The molecule has 2 N–H and O–H groups in total. The lowest BCUT2D eigenvalue weighted by Crippen LogP contribution is -2.15. The summed E-state index contributed by atoms with van der Waals surface area (Å²) in [7, 11) is 1.62. The average Bonchev–Trinajstić information content (AvgIpc) is 3.33. The summed E-state index contributed by atoms with van der Waals surface area (Å²) >= 11 is 5.37. The molecule has 0 unspecified atom stereocenters. The first-order valence-corrected chi connectivity index (χ1v) is 10.6. The van der Waals surface area contributed by atoms with E-state index in [9.17, 15) is 4.79 Å². The fourth-order valence-corrected chi connectivity index (χ4v) is 3.75. The third kappa shape index (κ3) is 4.62. The number of aromatic amines is 1. The molecular formula is C23H24N6O2S. The predicted molar refractivity (Wildman–Crippen MR) is 126 cm³/mol. The van der Waals surface area contributed by atoms with Gasteiger partial charge in [-0.05, 0) is 74.6 Å². The van der Waals surface area contributed by atoms with Crippen molar-refractivity contribution in [1.82, 2.24) is 24.5 Å². The van der Waals surface area contributed by atoms with E-state index in [2.05, 4.69) is 20.6 Å². The average molecular weight is 449 g/mol. The Morgan fingerprint density at radius 3 is 2.62 bits per heavy atom. The van der Waals surface area contributed by atoms with E-state index in [-0.39, 0.29) is 12.3 Å². The zero-order valence-electron chi connectivity index (χ0n) is 18.1. The van der Waals surface area contributed by atoms with Crippen LogP contribution in [0.25, 0.3) is 17.1 Å². The van der Waals surface area contributed by atoms with Crippen LogP contribution in [0.3, 0.4) is 0 Å². The van der Waals surface area contributed by atoms with Crippen molar-refractivity contribution in [3.8, 4) is 22.8 Å². The SMILES string of the molecule is COc1ccc(-c2n[nH]c(=S)n2CCC(=O)Nc2cccc(-n3nc(C)cc3C)c2)cc1. The number of carbonyl (C=O) groups excluding carboxylic acids is 1. The number of methoxy groups -OCH3 is 1. The van der Waals surface area contributed by atoms with E-state index in [0.29, 0.717) is 22.8 Å². The van der Waals surface area contributed by atoms with Crippen LogP contribution in [0.15, 0.2) is 54.6 Å².